The number of nitrogens with one attached hydrogen (secondary N) is 2. The summed E-state index contributed by atoms with van der Waals surface area (Å²) in [5, 5.41) is 19.4. The van der Waals surface area contributed by atoms with E-state index in [1.807, 2.05) is 12.1 Å². The average Bonchev–Trinajstić information content (AvgIpc) is 3.42. The van der Waals surface area contributed by atoms with Gasteiger partial charge in [-0.2, -0.15) is 0 Å². The number of halogens is 1. The smallest absolute Gasteiger partial charge is 0.326 e. The van der Waals surface area contributed by atoms with Gasteiger partial charge in [0.25, 0.3) is 0 Å². The lowest BCUT2D eigenvalue weighted by atomic mass is 9.65. The van der Waals surface area contributed by atoms with Crippen molar-refractivity contribution in [3.63, 3.8) is 0 Å². The zero-order chi connectivity index (χ0) is 35.3. The van der Waals surface area contributed by atoms with Crippen LogP contribution in [0.4, 0.5) is 5.69 Å². The fraction of sp³-hybridized carbons (Fsp3) is 0.541. The molecule has 11 heteroatoms. The Labute approximate surface area is 287 Å². The molecule has 3 amide bonds. The molecule has 1 unspecified atom stereocenters. The molecule has 1 saturated carbocycles. The van der Waals surface area contributed by atoms with Crippen LogP contribution >= 0.6 is 11.6 Å². The monoisotopic (exact) mass is 680 g/mol. The molecule has 10 nitrogen and oxygen atoms in total. The fourth-order valence-electron chi connectivity index (χ4n) is 7.09. The summed E-state index contributed by atoms with van der Waals surface area (Å²) in [6.45, 7) is 8.50. The number of para-hydroxylation sites is 1. The average molecular weight is 681 g/mol. The van der Waals surface area contributed by atoms with Gasteiger partial charge in [-0.1, -0.05) is 54.8 Å². The lowest BCUT2D eigenvalue weighted by Gasteiger charge is -2.42. The number of anilines is 1. The van der Waals surface area contributed by atoms with Crippen molar-refractivity contribution in [2.75, 3.05) is 11.4 Å². The summed E-state index contributed by atoms with van der Waals surface area (Å²) in [6.07, 6.45) is 2.34. The first kappa shape index (κ1) is 36.9. The Bertz CT molecular complexity index is 1510. The van der Waals surface area contributed by atoms with Gasteiger partial charge in [0, 0.05) is 34.6 Å². The standard InChI is InChI=1S/C37H48ClN3O7/c1-24(2)39-30(42)21-37(34(46)47,20-25-12-15-27(38)16-13-25)23-36(18-8-9-19-36)33(45)40-28-17-14-26-10-6-7-11-29(26)41(32(28)44)22-31(43)48-35(3,4)5/h6-7,10-13,15-16,24,28H,8-9,14,17-23H2,1-5H3,(H,39,42)(H,40,45)(H,46,47)/p-1/t28-,37?/m0/s1. The number of carboxylic acid groups (broad SMARTS) is 1. The van der Waals surface area contributed by atoms with E-state index >= 15 is 0 Å². The highest BCUT2D eigenvalue weighted by atomic mass is 35.5. The van der Waals surface area contributed by atoms with Crippen LogP contribution in [0.15, 0.2) is 48.5 Å². The summed E-state index contributed by atoms with van der Waals surface area (Å²) < 4.78 is 5.52. The summed E-state index contributed by atoms with van der Waals surface area (Å²) >= 11 is 6.10. The van der Waals surface area contributed by atoms with E-state index in [0.717, 1.165) is 5.56 Å². The number of hydrogen-bond acceptors (Lipinski definition) is 7. The van der Waals surface area contributed by atoms with Crippen molar-refractivity contribution in [3.05, 3.63) is 64.7 Å². The number of benzene rings is 2. The second-order valence-electron chi connectivity index (χ2n) is 14.6. The quantitative estimate of drug-likeness (QED) is 0.318. The number of amides is 3. The Morgan fingerprint density at radius 2 is 1.69 bits per heavy atom. The number of rotatable bonds is 12. The topological polar surface area (TPSA) is 145 Å². The molecule has 260 valence electrons. The highest BCUT2D eigenvalue weighted by molar-refractivity contribution is 6.30. The molecule has 4 rings (SSSR count). The molecule has 1 fully saturated rings. The lowest BCUT2D eigenvalue weighted by molar-refractivity contribution is -0.321. The lowest BCUT2D eigenvalue weighted by Crippen LogP contribution is -2.56. The number of nitrogens with zero attached hydrogens (tertiary/aromatic N) is 1. The molecule has 48 heavy (non-hydrogen) atoms. The maximum absolute atomic E-state index is 14.4. The van der Waals surface area contributed by atoms with Crippen molar-refractivity contribution >= 4 is 46.9 Å². The number of fused-ring (bicyclic) bond motifs is 1. The Balaban J connectivity index is 1.66. The first-order valence-corrected chi connectivity index (χ1v) is 17.1. The van der Waals surface area contributed by atoms with Crippen molar-refractivity contribution in [3.8, 4) is 0 Å². The van der Waals surface area contributed by atoms with Crippen LogP contribution in [-0.2, 0) is 41.6 Å². The van der Waals surface area contributed by atoms with E-state index < -0.39 is 52.1 Å². The third-order valence-electron chi connectivity index (χ3n) is 9.12. The van der Waals surface area contributed by atoms with Gasteiger partial charge < -0.3 is 25.3 Å². The van der Waals surface area contributed by atoms with Crippen LogP contribution in [0, 0.1) is 10.8 Å². The zero-order valence-corrected chi connectivity index (χ0v) is 29.3. The maximum atomic E-state index is 14.4. The van der Waals surface area contributed by atoms with Crippen LogP contribution in [0.1, 0.15) is 90.7 Å². The molecule has 1 aliphatic carbocycles. The van der Waals surface area contributed by atoms with E-state index in [2.05, 4.69) is 10.6 Å². The van der Waals surface area contributed by atoms with Crippen molar-refractivity contribution in [2.45, 2.75) is 110 Å². The summed E-state index contributed by atoms with van der Waals surface area (Å²) in [4.78, 5) is 69.2. The number of esters is 1. The highest BCUT2D eigenvalue weighted by Crippen LogP contribution is 2.49. The highest BCUT2D eigenvalue weighted by Gasteiger charge is 2.50. The number of carbonyl (C=O) groups excluding carboxylic acids is 5. The summed E-state index contributed by atoms with van der Waals surface area (Å²) in [5.41, 5.74) is -1.56. The Kier molecular flexibility index (Phi) is 11.6. The predicted octanol–water partition coefficient (Wildman–Crippen LogP) is 4.29. The second kappa shape index (κ2) is 15.1. The van der Waals surface area contributed by atoms with Gasteiger partial charge in [-0.25, -0.2) is 0 Å². The van der Waals surface area contributed by atoms with Crippen LogP contribution in [-0.4, -0.2) is 53.9 Å². The molecule has 0 aromatic heterocycles. The normalized spacial score (nSPS) is 18.8. The molecular weight excluding hydrogens is 634 g/mol. The molecule has 0 radical (unpaired) electrons. The summed E-state index contributed by atoms with van der Waals surface area (Å²) in [7, 11) is 0. The third kappa shape index (κ3) is 9.15. The summed E-state index contributed by atoms with van der Waals surface area (Å²) in [5.74, 6) is -3.33. The van der Waals surface area contributed by atoms with Gasteiger partial charge >= 0.3 is 5.97 Å². The van der Waals surface area contributed by atoms with E-state index in [-0.39, 0.29) is 38.3 Å². The minimum Gasteiger partial charge on any atom is -0.550 e. The largest absolute Gasteiger partial charge is 0.550 e. The van der Waals surface area contributed by atoms with Gasteiger partial charge in [-0.15, -0.1) is 0 Å². The molecule has 0 spiro atoms. The first-order chi connectivity index (χ1) is 22.5. The number of carbonyl (C=O) groups is 5. The molecule has 0 bridgehead atoms. The molecule has 1 heterocycles. The van der Waals surface area contributed by atoms with E-state index in [0.29, 0.717) is 48.4 Å². The zero-order valence-electron chi connectivity index (χ0n) is 28.5. The third-order valence-corrected chi connectivity index (χ3v) is 9.37. The number of aryl methyl sites for hydroxylation is 1. The number of ether oxygens (including phenoxy) is 1. The Hall–Kier alpha value is -3.92. The number of carboxylic acids is 1. The molecule has 2 aromatic rings. The summed E-state index contributed by atoms with van der Waals surface area (Å²) in [6, 6.07) is 12.9. The molecule has 2 N–H and O–H groups in total. The van der Waals surface area contributed by atoms with Crippen LogP contribution in [0.5, 0.6) is 0 Å². The Morgan fingerprint density at radius 1 is 1.04 bits per heavy atom. The minimum atomic E-state index is -1.72. The van der Waals surface area contributed by atoms with E-state index in [1.165, 1.54) is 4.90 Å². The SMILES string of the molecule is CC(C)NC(=O)CC(Cc1ccc(Cl)cc1)(CC1(C(=O)N[C@H]2CCc3ccccc3N(CC(=O)OC(C)(C)C)C2=O)CCCC1)C(=O)[O-]. The van der Waals surface area contributed by atoms with Gasteiger partial charge in [0.05, 0.1) is 5.41 Å². The van der Waals surface area contributed by atoms with Gasteiger partial charge in [0.2, 0.25) is 17.7 Å². The van der Waals surface area contributed by atoms with Crippen molar-refractivity contribution < 1.29 is 33.8 Å². The fourth-order valence-corrected chi connectivity index (χ4v) is 7.21. The van der Waals surface area contributed by atoms with Crippen LogP contribution in [0.2, 0.25) is 5.02 Å². The predicted molar refractivity (Wildman–Crippen MR) is 181 cm³/mol. The van der Waals surface area contributed by atoms with Crippen LogP contribution in [0.25, 0.3) is 0 Å². The van der Waals surface area contributed by atoms with Crippen molar-refractivity contribution in [2.24, 2.45) is 10.8 Å². The van der Waals surface area contributed by atoms with Crippen molar-refractivity contribution in [1.82, 2.24) is 10.6 Å². The molecule has 0 saturated heterocycles. The van der Waals surface area contributed by atoms with E-state index in [4.69, 9.17) is 16.3 Å². The van der Waals surface area contributed by atoms with E-state index in [9.17, 15) is 29.1 Å². The molecular formula is C37H47ClN3O7-. The van der Waals surface area contributed by atoms with Gasteiger partial charge in [0.1, 0.15) is 18.2 Å². The van der Waals surface area contributed by atoms with Crippen LogP contribution < -0.4 is 20.6 Å². The maximum Gasteiger partial charge on any atom is 0.326 e. The number of aliphatic carboxylic acids is 1. The second-order valence-corrected chi connectivity index (χ2v) is 15.1. The van der Waals surface area contributed by atoms with Gasteiger partial charge in [-0.3, -0.25) is 24.1 Å². The molecule has 2 aromatic carbocycles. The van der Waals surface area contributed by atoms with Gasteiger partial charge in [0.15, 0.2) is 0 Å². The first-order valence-electron chi connectivity index (χ1n) is 16.7. The Morgan fingerprint density at radius 3 is 2.29 bits per heavy atom. The van der Waals surface area contributed by atoms with Crippen molar-refractivity contribution in [1.29, 1.82) is 0 Å². The van der Waals surface area contributed by atoms with Gasteiger partial charge in [-0.05, 0) is 102 Å². The molecule has 1 aliphatic heterocycles. The molecule has 2 atom stereocenters. The minimum absolute atomic E-state index is 0.0472. The van der Waals surface area contributed by atoms with Crippen LogP contribution in [0.3, 0.4) is 0 Å². The van der Waals surface area contributed by atoms with E-state index in [1.54, 1.807) is 71.0 Å². The molecule has 2 aliphatic rings. The number of hydrogen-bond donors (Lipinski definition) is 2.